The lowest BCUT2D eigenvalue weighted by Gasteiger charge is -2.11. The third-order valence-corrected chi connectivity index (χ3v) is 4.44. The molecule has 0 saturated heterocycles. The number of aromatic hydroxyl groups is 1. The summed E-state index contributed by atoms with van der Waals surface area (Å²) in [5.74, 6) is 0.0800. The second-order valence-corrected chi connectivity index (χ2v) is 6.26. The maximum atomic E-state index is 12.8. The predicted molar refractivity (Wildman–Crippen MR) is 103 cm³/mol. The van der Waals surface area contributed by atoms with Crippen LogP contribution in [0.3, 0.4) is 0 Å². The molecule has 0 aliphatic carbocycles. The fourth-order valence-electron chi connectivity index (χ4n) is 3.12. The van der Waals surface area contributed by atoms with Crippen LogP contribution in [0.1, 0.15) is 16.7 Å². The maximum absolute atomic E-state index is 12.8. The lowest BCUT2D eigenvalue weighted by atomic mass is 10.0. The Morgan fingerprint density at radius 1 is 0.885 bits per heavy atom. The molecule has 26 heavy (non-hydrogen) atoms. The van der Waals surface area contributed by atoms with E-state index in [-0.39, 0.29) is 11.7 Å². The summed E-state index contributed by atoms with van der Waals surface area (Å²) in [6.45, 7) is 0. The number of nitrogens with zero attached hydrogens (tertiary/aromatic N) is 1. The molecule has 1 aliphatic heterocycles. The van der Waals surface area contributed by atoms with Gasteiger partial charge in [-0.2, -0.15) is 0 Å². The molecule has 1 heterocycles. The topological polar surface area (TPSA) is 61.7 Å². The second kappa shape index (κ2) is 6.84. The molecule has 0 aromatic heterocycles. The van der Waals surface area contributed by atoms with Crippen molar-refractivity contribution in [1.29, 1.82) is 0 Å². The van der Waals surface area contributed by atoms with Crippen LogP contribution in [0.4, 0.5) is 5.69 Å². The van der Waals surface area contributed by atoms with Gasteiger partial charge in [0.25, 0.3) is 0 Å². The number of hydrogen-bond acceptors (Lipinski definition) is 3. The molecule has 1 aliphatic rings. The highest BCUT2D eigenvalue weighted by Crippen LogP contribution is 2.25. The van der Waals surface area contributed by atoms with E-state index in [2.05, 4.69) is 5.32 Å². The van der Waals surface area contributed by atoms with Crippen LogP contribution < -0.4 is 5.32 Å². The van der Waals surface area contributed by atoms with E-state index in [4.69, 9.17) is 4.99 Å². The van der Waals surface area contributed by atoms with E-state index in [0.29, 0.717) is 6.42 Å². The number of carbonyl (C=O) groups excluding carboxylic acids is 1. The van der Waals surface area contributed by atoms with E-state index in [9.17, 15) is 9.90 Å². The van der Waals surface area contributed by atoms with E-state index in [1.54, 1.807) is 12.1 Å². The highest BCUT2D eigenvalue weighted by molar-refractivity contribution is 6.19. The normalized spacial score (nSPS) is 16.2. The predicted octanol–water partition coefficient (Wildman–Crippen LogP) is 3.79. The quantitative estimate of drug-likeness (QED) is 0.761. The average molecular weight is 342 g/mol. The molecule has 0 fully saturated rings. The van der Waals surface area contributed by atoms with Crippen LogP contribution in [-0.4, -0.2) is 22.8 Å². The van der Waals surface area contributed by atoms with Crippen molar-refractivity contribution < 1.29 is 9.90 Å². The van der Waals surface area contributed by atoms with Crippen LogP contribution in [0.15, 0.2) is 83.9 Å². The van der Waals surface area contributed by atoms with Crippen molar-refractivity contribution in [3.8, 4) is 5.75 Å². The molecule has 1 unspecified atom stereocenters. The number of benzene rings is 3. The zero-order valence-electron chi connectivity index (χ0n) is 14.1. The standard InChI is InChI=1S/C22H18N2O2/c25-17-12-10-15(11-13-17)14-20-22(26)24-19-9-5-4-8-18(19)21(23-20)16-6-2-1-3-7-16/h1-13,20,25H,14H2,(H,24,26). The molecule has 4 nitrogen and oxygen atoms in total. The minimum atomic E-state index is -0.540. The molecule has 1 atom stereocenters. The van der Waals surface area contributed by atoms with Crippen LogP contribution in [0, 0.1) is 0 Å². The van der Waals surface area contributed by atoms with E-state index < -0.39 is 6.04 Å². The van der Waals surface area contributed by atoms with Crippen molar-refractivity contribution in [2.75, 3.05) is 5.32 Å². The average Bonchev–Trinajstić information content (AvgIpc) is 2.81. The maximum Gasteiger partial charge on any atom is 0.249 e. The number of anilines is 1. The number of rotatable bonds is 3. The van der Waals surface area contributed by atoms with Gasteiger partial charge in [0, 0.05) is 17.5 Å². The van der Waals surface area contributed by atoms with E-state index in [1.165, 1.54) is 0 Å². The number of hydrogen-bond donors (Lipinski definition) is 2. The van der Waals surface area contributed by atoms with Crippen molar-refractivity contribution >= 4 is 17.3 Å². The lowest BCUT2D eigenvalue weighted by Crippen LogP contribution is -2.27. The van der Waals surface area contributed by atoms with Gasteiger partial charge in [-0.15, -0.1) is 0 Å². The Hall–Kier alpha value is -3.40. The highest BCUT2D eigenvalue weighted by atomic mass is 16.3. The summed E-state index contributed by atoms with van der Waals surface area (Å²) in [5, 5.41) is 12.5. The Bertz CT molecular complexity index is 963. The van der Waals surface area contributed by atoms with Crippen LogP contribution in [0.25, 0.3) is 0 Å². The molecule has 0 bridgehead atoms. The Balaban J connectivity index is 1.78. The summed E-state index contributed by atoms with van der Waals surface area (Å²) >= 11 is 0. The van der Waals surface area contributed by atoms with Gasteiger partial charge in [0.05, 0.1) is 11.4 Å². The summed E-state index contributed by atoms with van der Waals surface area (Å²) in [6.07, 6.45) is 0.469. The second-order valence-electron chi connectivity index (χ2n) is 6.26. The van der Waals surface area contributed by atoms with Crippen LogP contribution in [0.5, 0.6) is 5.75 Å². The third-order valence-electron chi connectivity index (χ3n) is 4.44. The minimum absolute atomic E-state index is 0.128. The summed E-state index contributed by atoms with van der Waals surface area (Å²) in [4.78, 5) is 17.6. The van der Waals surface area contributed by atoms with Crippen molar-refractivity contribution in [1.82, 2.24) is 0 Å². The largest absolute Gasteiger partial charge is 0.508 e. The fourth-order valence-corrected chi connectivity index (χ4v) is 3.12. The SMILES string of the molecule is O=C1Nc2ccccc2C(c2ccccc2)=NC1Cc1ccc(O)cc1. The zero-order chi connectivity index (χ0) is 17.9. The van der Waals surface area contributed by atoms with Gasteiger partial charge in [-0.25, -0.2) is 0 Å². The van der Waals surface area contributed by atoms with Gasteiger partial charge >= 0.3 is 0 Å². The first-order valence-electron chi connectivity index (χ1n) is 8.52. The van der Waals surface area contributed by atoms with E-state index >= 15 is 0 Å². The fraction of sp³-hybridized carbons (Fsp3) is 0.0909. The van der Waals surface area contributed by atoms with E-state index in [1.807, 2.05) is 66.7 Å². The number of carbonyl (C=O) groups is 1. The molecule has 0 saturated carbocycles. The van der Waals surface area contributed by atoms with Crippen molar-refractivity contribution in [3.05, 3.63) is 95.6 Å². The van der Waals surface area contributed by atoms with Crippen LogP contribution in [0.2, 0.25) is 0 Å². The Morgan fingerprint density at radius 2 is 1.58 bits per heavy atom. The smallest absolute Gasteiger partial charge is 0.249 e. The Labute approximate surface area is 151 Å². The monoisotopic (exact) mass is 342 g/mol. The molecule has 0 radical (unpaired) electrons. The van der Waals surface area contributed by atoms with Crippen LogP contribution >= 0.6 is 0 Å². The van der Waals surface area contributed by atoms with Gasteiger partial charge in [-0.3, -0.25) is 9.79 Å². The van der Waals surface area contributed by atoms with Gasteiger partial charge in [0.15, 0.2) is 0 Å². The molecule has 2 N–H and O–H groups in total. The molecule has 1 amide bonds. The first-order chi connectivity index (χ1) is 12.7. The first-order valence-corrected chi connectivity index (χ1v) is 8.52. The Morgan fingerprint density at radius 3 is 2.35 bits per heavy atom. The molecule has 0 spiro atoms. The molecule has 3 aromatic rings. The van der Waals surface area contributed by atoms with Gasteiger partial charge in [-0.05, 0) is 23.8 Å². The van der Waals surface area contributed by atoms with Crippen LogP contribution in [-0.2, 0) is 11.2 Å². The molecular formula is C22H18N2O2. The molecule has 128 valence electrons. The number of phenolic OH excluding ortho intramolecular Hbond substituents is 1. The van der Waals surface area contributed by atoms with Gasteiger partial charge in [0.1, 0.15) is 11.8 Å². The minimum Gasteiger partial charge on any atom is -0.508 e. The molecular weight excluding hydrogens is 324 g/mol. The molecule has 4 heteroatoms. The highest BCUT2D eigenvalue weighted by Gasteiger charge is 2.25. The summed E-state index contributed by atoms with van der Waals surface area (Å²) in [7, 11) is 0. The summed E-state index contributed by atoms with van der Waals surface area (Å²) in [5.41, 5.74) is 4.43. The number of amides is 1. The number of nitrogens with one attached hydrogen (secondary N) is 1. The van der Waals surface area contributed by atoms with Gasteiger partial charge in [-0.1, -0.05) is 60.7 Å². The summed E-state index contributed by atoms with van der Waals surface area (Å²) in [6, 6.07) is 24.0. The van der Waals surface area contributed by atoms with Gasteiger partial charge in [0.2, 0.25) is 5.91 Å². The van der Waals surface area contributed by atoms with E-state index in [0.717, 1.165) is 28.1 Å². The zero-order valence-corrected chi connectivity index (χ0v) is 14.1. The number of para-hydroxylation sites is 1. The van der Waals surface area contributed by atoms with Crippen molar-refractivity contribution in [2.45, 2.75) is 12.5 Å². The number of benzodiazepines with no additional fused rings is 1. The molecule has 3 aromatic carbocycles. The third kappa shape index (κ3) is 3.22. The number of phenols is 1. The number of fused-ring (bicyclic) bond motifs is 1. The lowest BCUT2D eigenvalue weighted by molar-refractivity contribution is -0.117. The first kappa shape index (κ1) is 16.1. The number of aliphatic imine (C=N–C) groups is 1. The Kier molecular flexibility index (Phi) is 4.23. The molecule has 4 rings (SSSR count). The van der Waals surface area contributed by atoms with Gasteiger partial charge < -0.3 is 10.4 Å². The van der Waals surface area contributed by atoms with Crippen molar-refractivity contribution in [3.63, 3.8) is 0 Å². The summed E-state index contributed by atoms with van der Waals surface area (Å²) < 4.78 is 0. The van der Waals surface area contributed by atoms with Crippen molar-refractivity contribution in [2.24, 2.45) is 4.99 Å².